The molecule has 5 heteroatoms. The molecule has 0 heterocycles. The number of hydrogen-bond acceptors (Lipinski definition) is 3. The minimum absolute atomic E-state index is 0.0710. The zero-order chi connectivity index (χ0) is 18.2. The second kappa shape index (κ2) is 9.18. The Hall–Kier alpha value is -2.40. The van der Waals surface area contributed by atoms with E-state index in [0.29, 0.717) is 36.1 Å². The third-order valence-electron chi connectivity index (χ3n) is 4.15. The van der Waals surface area contributed by atoms with Gasteiger partial charge in [-0.3, -0.25) is 4.79 Å². The van der Waals surface area contributed by atoms with Gasteiger partial charge in [-0.1, -0.05) is 30.3 Å². The van der Waals surface area contributed by atoms with Crippen LogP contribution >= 0.6 is 0 Å². The van der Waals surface area contributed by atoms with Crippen LogP contribution in [0.1, 0.15) is 30.1 Å². The van der Waals surface area contributed by atoms with E-state index in [1.807, 2.05) is 0 Å². The molecule has 0 bridgehead atoms. The quantitative estimate of drug-likeness (QED) is 0.798. The van der Waals surface area contributed by atoms with Gasteiger partial charge >= 0.3 is 0 Å². The van der Waals surface area contributed by atoms with E-state index in [2.05, 4.69) is 0 Å². The van der Waals surface area contributed by atoms with Crippen molar-refractivity contribution in [2.24, 2.45) is 0 Å². The molecule has 134 valence electrons. The predicted molar refractivity (Wildman–Crippen MR) is 94.9 cm³/mol. The smallest absolute Gasteiger partial charge is 0.222 e. The molecular formula is C20H24FNO3. The van der Waals surface area contributed by atoms with Gasteiger partial charge in [-0.05, 0) is 42.2 Å². The van der Waals surface area contributed by atoms with Gasteiger partial charge < -0.3 is 14.7 Å². The van der Waals surface area contributed by atoms with E-state index in [1.165, 1.54) is 11.0 Å². The number of halogens is 1. The molecular weight excluding hydrogens is 321 g/mol. The van der Waals surface area contributed by atoms with Gasteiger partial charge in [0.1, 0.15) is 11.6 Å². The van der Waals surface area contributed by atoms with Crippen molar-refractivity contribution < 1.29 is 19.0 Å². The maximum absolute atomic E-state index is 13.6. The summed E-state index contributed by atoms with van der Waals surface area (Å²) in [7, 11) is 3.23. The van der Waals surface area contributed by atoms with Crippen molar-refractivity contribution in [2.75, 3.05) is 20.7 Å². The average molecular weight is 345 g/mol. The molecule has 2 aromatic rings. The summed E-state index contributed by atoms with van der Waals surface area (Å²) in [5, 5.41) is 10.3. The Balaban J connectivity index is 1.82. The first-order valence-electron chi connectivity index (χ1n) is 8.30. The second-order valence-electron chi connectivity index (χ2n) is 6.01. The predicted octanol–water partition coefficient (Wildman–Crippen LogP) is 3.35. The summed E-state index contributed by atoms with van der Waals surface area (Å²) in [5.74, 6) is 0.352. The van der Waals surface area contributed by atoms with Crippen molar-refractivity contribution in [3.05, 3.63) is 65.5 Å². The number of amides is 1. The van der Waals surface area contributed by atoms with Crippen LogP contribution in [-0.2, 0) is 11.2 Å². The van der Waals surface area contributed by atoms with Gasteiger partial charge in [0.25, 0.3) is 0 Å². The topological polar surface area (TPSA) is 49.8 Å². The Labute approximate surface area is 147 Å². The molecule has 4 nitrogen and oxygen atoms in total. The lowest BCUT2D eigenvalue weighted by Crippen LogP contribution is -2.31. The molecule has 0 aliphatic rings. The van der Waals surface area contributed by atoms with Gasteiger partial charge in [0.2, 0.25) is 5.91 Å². The molecule has 0 aliphatic heterocycles. The number of likely N-dealkylation sites (N-methyl/N-ethyl adjacent to an activating group) is 1. The fourth-order valence-corrected chi connectivity index (χ4v) is 2.64. The number of ether oxygens (including phenoxy) is 1. The molecule has 0 radical (unpaired) electrons. The van der Waals surface area contributed by atoms with Gasteiger partial charge in [-0.15, -0.1) is 0 Å². The zero-order valence-corrected chi connectivity index (χ0v) is 14.6. The average Bonchev–Trinajstić information content (AvgIpc) is 2.63. The van der Waals surface area contributed by atoms with E-state index in [0.717, 1.165) is 0 Å². The Kier molecular flexibility index (Phi) is 6.95. The van der Waals surface area contributed by atoms with Crippen LogP contribution in [0, 0.1) is 5.82 Å². The van der Waals surface area contributed by atoms with E-state index in [9.17, 15) is 14.3 Å². The molecule has 0 fully saturated rings. The molecule has 1 unspecified atom stereocenters. The van der Waals surface area contributed by atoms with Crippen molar-refractivity contribution in [1.82, 2.24) is 4.90 Å². The number of aliphatic hydroxyl groups is 1. The maximum Gasteiger partial charge on any atom is 0.222 e. The van der Waals surface area contributed by atoms with Crippen LogP contribution < -0.4 is 4.74 Å². The van der Waals surface area contributed by atoms with E-state index in [4.69, 9.17) is 4.74 Å². The van der Waals surface area contributed by atoms with Crippen molar-refractivity contribution in [3.63, 3.8) is 0 Å². The molecule has 2 aromatic carbocycles. The Morgan fingerprint density at radius 1 is 1.24 bits per heavy atom. The van der Waals surface area contributed by atoms with Gasteiger partial charge in [0.05, 0.1) is 19.8 Å². The molecule has 25 heavy (non-hydrogen) atoms. The first-order chi connectivity index (χ1) is 12.0. The molecule has 0 aromatic heterocycles. The van der Waals surface area contributed by atoms with Gasteiger partial charge in [0.15, 0.2) is 0 Å². The zero-order valence-electron chi connectivity index (χ0n) is 14.6. The summed E-state index contributed by atoms with van der Waals surface area (Å²) in [5.41, 5.74) is 1.32. The normalized spacial score (nSPS) is 11.8. The molecule has 0 spiro atoms. The van der Waals surface area contributed by atoms with Crippen LogP contribution in [0.3, 0.4) is 0 Å². The van der Waals surface area contributed by atoms with Crippen molar-refractivity contribution >= 4 is 5.91 Å². The van der Waals surface area contributed by atoms with Crippen LogP contribution in [0.15, 0.2) is 48.5 Å². The third kappa shape index (κ3) is 5.57. The molecule has 0 aliphatic carbocycles. The molecule has 1 atom stereocenters. The largest absolute Gasteiger partial charge is 0.497 e. The van der Waals surface area contributed by atoms with Crippen LogP contribution in [0.4, 0.5) is 4.39 Å². The van der Waals surface area contributed by atoms with Gasteiger partial charge in [0, 0.05) is 13.5 Å². The SMILES string of the molecule is COc1cccc(C(O)CN(C)C(=O)CCCc2ccccc2F)c1. The number of rotatable bonds is 8. The van der Waals surface area contributed by atoms with E-state index in [-0.39, 0.29) is 18.3 Å². The Bertz CT molecular complexity index is 705. The fraction of sp³-hybridized carbons (Fsp3) is 0.350. The highest BCUT2D eigenvalue weighted by molar-refractivity contribution is 5.75. The summed E-state index contributed by atoms with van der Waals surface area (Å²) in [6, 6.07) is 13.7. The molecule has 0 saturated carbocycles. The first kappa shape index (κ1) is 18.9. The number of aryl methyl sites for hydroxylation is 1. The van der Waals surface area contributed by atoms with Gasteiger partial charge in [-0.25, -0.2) is 4.39 Å². The van der Waals surface area contributed by atoms with Crippen LogP contribution in [0.2, 0.25) is 0 Å². The second-order valence-corrected chi connectivity index (χ2v) is 6.01. The number of aliphatic hydroxyl groups excluding tert-OH is 1. The summed E-state index contributed by atoms with van der Waals surface area (Å²) >= 11 is 0. The Morgan fingerprint density at radius 3 is 2.72 bits per heavy atom. The highest BCUT2D eigenvalue weighted by atomic mass is 19.1. The Morgan fingerprint density at radius 2 is 2.00 bits per heavy atom. The van der Waals surface area contributed by atoms with E-state index >= 15 is 0 Å². The summed E-state index contributed by atoms with van der Waals surface area (Å²) in [6.45, 7) is 0.200. The minimum Gasteiger partial charge on any atom is -0.497 e. The number of carbonyl (C=O) groups excluding carboxylic acids is 1. The van der Waals surface area contributed by atoms with Crippen LogP contribution in [0.25, 0.3) is 0 Å². The van der Waals surface area contributed by atoms with E-state index < -0.39 is 6.10 Å². The highest BCUT2D eigenvalue weighted by Gasteiger charge is 2.15. The number of benzene rings is 2. The standard InChI is InChI=1S/C20H24FNO3/c1-22(14-19(23)16-9-5-10-17(13-16)25-2)20(24)12-6-8-15-7-3-4-11-18(15)21/h3-5,7,9-11,13,19,23H,6,8,12,14H2,1-2H3. The summed E-state index contributed by atoms with van der Waals surface area (Å²) in [4.78, 5) is 13.7. The molecule has 1 amide bonds. The number of nitrogens with zero attached hydrogens (tertiary/aromatic N) is 1. The third-order valence-corrected chi connectivity index (χ3v) is 4.15. The van der Waals surface area contributed by atoms with E-state index in [1.54, 1.807) is 56.6 Å². The highest BCUT2D eigenvalue weighted by Crippen LogP contribution is 2.20. The lowest BCUT2D eigenvalue weighted by molar-refractivity contribution is -0.131. The number of carbonyl (C=O) groups is 1. The molecule has 2 rings (SSSR count). The number of hydrogen-bond donors (Lipinski definition) is 1. The summed E-state index contributed by atoms with van der Waals surface area (Å²) in [6.07, 6.45) is 0.621. The lowest BCUT2D eigenvalue weighted by Gasteiger charge is -2.21. The van der Waals surface area contributed by atoms with Crippen LogP contribution in [0.5, 0.6) is 5.75 Å². The minimum atomic E-state index is -0.782. The van der Waals surface area contributed by atoms with Crippen LogP contribution in [-0.4, -0.2) is 36.6 Å². The first-order valence-corrected chi connectivity index (χ1v) is 8.30. The summed E-state index contributed by atoms with van der Waals surface area (Å²) < 4.78 is 18.7. The van der Waals surface area contributed by atoms with Crippen molar-refractivity contribution in [3.8, 4) is 5.75 Å². The van der Waals surface area contributed by atoms with Crippen molar-refractivity contribution in [1.29, 1.82) is 0 Å². The van der Waals surface area contributed by atoms with Gasteiger partial charge in [-0.2, -0.15) is 0 Å². The number of methoxy groups -OCH3 is 1. The maximum atomic E-state index is 13.6. The molecule has 0 saturated heterocycles. The van der Waals surface area contributed by atoms with Crippen molar-refractivity contribution in [2.45, 2.75) is 25.4 Å². The monoisotopic (exact) mass is 345 g/mol. The fourth-order valence-electron chi connectivity index (χ4n) is 2.64. The lowest BCUT2D eigenvalue weighted by atomic mass is 10.1. The molecule has 1 N–H and O–H groups in total.